The van der Waals surface area contributed by atoms with Gasteiger partial charge in [-0.15, -0.1) is 0 Å². The van der Waals surface area contributed by atoms with E-state index in [2.05, 4.69) is 10.6 Å². The van der Waals surface area contributed by atoms with E-state index in [1.807, 2.05) is 0 Å². The van der Waals surface area contributed by atoms with Crippen molar-refractivity contribution in [2.75, 3.05) is 10.6 Å². The van der Waals surface area contributed by atoms with Crippen LogP contribution in [0.25, 0.3) is 16.6 Å². The Morgan fingerprint density at radius 1 is 0.917 bits per heavy atom. The third-order valence-corrected chi connectivity index (χ3v) is 5.58. The van der Waals surface area contributed by atoms with Crippen molar-refractivity contribution in [1.82, 2.24) is 4.57 Å². The second-order valence-electron chi connectivity index (χ2n) is 7.63. The fourth-order valence-electron chi connectivity index (χ4n) is 3.59. The number of carbonyl (C=O) groups is 3. The summed E-state index contributed by atoms with van der Waals surface area (Å²) in [4.78, 5) is 35.5. The molecule has 0 saturated heterocycles. The number of benzene rings is 3. The van der Waals surface area contributed by atoms with Gasteiger partial charge >= 0.3 is 18.2 Å². The van der Waals surface area contributed by atoms with Crippen molar-refractivity contribution in [3.63, 3.8) is 0 Å². The summed E-state index contributed by atoms with van der Waals surface area (Å²) < 4.78 is 40.7. The zero-order valence-electron chi connectivity index (χ0n) is 18.1. The molecule has 0 aliphatic rings. The summed E-state index contributed by atoms with van der Waals surface area (Å²) in [5, 5.41) is 13.9. The van der Waals surface area contributed by atoms with Gasteiger partial charge in [-0.25, -0.2) is 9.59 Å². The van der Waals surface area contributed by atoms with E-state index < -0.39 is 34.7 Å². The maximum Gasteiger partial charge on any atom is 0.417 e. The molecule has 8 nitrogen and oxygen atoms in total. The second-order valence-corrected chi connectivity index (χ2v) is 8.04. The summed E-state index contributed by atoms with van der Waals surface area (Å²) in [6.07, 6.45) is -3.19. The quantitative estimate of drug-likeness (QED) is 0.269. The highest BCUT2D eigenvalue weighted by Gasteiger charge is 2.33. The van der Waals surface area contributed by atoms with Crippen molar-refractivity contribution in [2.45, 2.75) is 6.18 Å². The van der Waals surface area contributed by atoms with Crippen molar-refractivity contribution in [3.8, 4) is 5.69 Å². The number of rotatable bonds is 5. The molecule has 0 aliphatic carbocycles. The number of amides is 3. The number of hydrogen-bond donors (Lipinski definition) is 4. The number of carboxylic acid groups (broad SMARTS) is 1. The molecule has 0 spiro atoms. The van der Waals surface area contributed by atoms with Gasteiger partial charge in [0.25, 0.3) is 5.91 Å². The number of primary amides is 1. The number of fused-ring (bicyclic) bond motifs is 1. The van der Waals surface area contributed by atoms with E-state index in [0.29, 0.717) is 22.3 Å². The highest BCUT2D eigenvalue weighted by atomic mass is 35.5. The number of nitrogens with two attached hydrogens (primary N) is 1. The van der Waals surface area contributed by atoms with Gasteiger partial charge in [-0.1, -0.05) is 11.6 Å². The molecule has 5 N–H and O–H groups in total. The molecule has 184 valence electrons. The molecule has 1 heterocycles. The molecule has 1 aromatic heterocycles. The van der Waals surface area contributed by atoms with Crippen LogP contribution in [0.5, 0.6) is 0 Å². The number of urea groups is 1. The molecule has 12 heteroatoms. The van der Waals surface area contributed by atoms with Crippen LogP contribution in [0, 0.1) is 0 Å². The maximum atomic E-state index is 13.0. The molecular weight excluding hydrogens is 501 g/mol. The van der Waals surface area contributed by atoms with Crippen LogP contribution in [0.3, 0.4) is 0 Å². The number of nitrogens with one attached hydrogen (secondary N) is 2. The SMILES string of the molecule is NC(=O)c1cn(-c2ccc(NC(=O)Nc3ccc(Cl)c(C(F)(F)F)c3)cc2)c2ccc(C(=O)O)cc12. The lowest BCUT2D eigenvalue weighted by Crippen LogP contribution is -2.20. The second kappa shape index (κ2) is 9.27. The first-order valence-electron chi connectivity index (χ1n) is 10.2. The first kappa shape index (κ1) is 24.6. The normalized spacial score (nSPS) is 11.3. The molecule has 0 radical (unpaired) electrons. The molecule has 3 amide bonds. The number of carboxylic acids is 1. The fourth-order valence-corrected chi connectivity index (χ4v) is 3.82. The standard InChI is InChI=1S/C24H16ClF3N4O4/c25-19-7-4-14(10-18(19)24(26,27)28)31-23(36)30-13-2-5-15(6-3-13)32-11-17(21(29)33)16-9-12(22(34)35)1-8-20(16)32/h1-11H,(H2,29,33)(H,34,35)(H2,30,31,36). The molecule has 4 aromatic rings. The zero-order valence-corrected chi connectivity index (χ0v) is 18.8. The smallest absolute Gasteiger partial charge is 0.417 e. The van der Waals surface area contributed by atoms with Gasteiger partial charge in [0, 0.05) is 28.6 Å². The van der Waals surface area contributed by atoms with E-state index in [-0.39, 0.29) is 16.8 Å². The average Bonchev–Trinajstić information content (AvgIpc) is 3.19. The highest BCUT2D eigenvalue weighted by molar-refractivity contribution is 6.31. The van der Waals surface area contributed by atoms with Gasteiger partial charge in [0.05, 0.1) is 27.2 Å². The van der Waals surface area contributed by atoms with E-state index >= 15 is 0 Å². The van der Waals surface area contributed by atoms with Crippen LogP contribution in [0.15, 0.2) is 66.9 Å². The first-order chi connectivity index (χ1) is 16.9. The number of hydrogen-bond acceptors (Lipinski definition) is 3. The highest BCUT2D eigenvalue weighted by Crippen LogP contribution is 2.36. The summed E-state index contributed by atoms with van der Waals surface area (Å²) >= 11 is 5.59. The maximum absolute atomic E-state index is 13.0. The third-order valence-electron chi connectivity index (χ3n) is 5.25. The third kappa shape index (κ3) is 4.96. The van der Waals surface area contributed by atoms with E-state index in [9.17, 15) is 32.7 Å². The first-order valence-corrected chi connectivity index (χ1v) is 10.6. The van der Waals surface area contributed by atoms with Gasteiger partial charge < -0.3 is 26.0 Å². The molecule has 0 aliphatic heterocycles. The lowest BCUT2D eigenvalue weighted by Gasteiger charge is -2.13. The average molecular weight is 517 g/mol. The predicted molar refractivity (Wildman–Crippen MR) is 128 cm³/mol. The molecule has 0 unspecified atom stereocenters. The molecule has 0 fully saturated rings. The lowest BCUT2D eigenvalue weighted by atomic mass is 10.1. The lowest BCUT2D eigenvalue weighted by molar-refractivity contribution is -0.137. The van der Waals surface area contributed by atoms with Gasteiger partial charge in [0.1, 0.15) is 0 Å². The van der Waals surface area contributed by atoms with Gasteiger partial charge in [0.2, 0.25) is 0 Å². The van der Waals surface area contributed by atoms with E-state index in [1.54, 1.807) is 34.9 Å². The molecule has 36 heavy (non-hydrogen) atoms. The Balaban J connectivity index is 1.55. The minimum absolute atomic E-state index is 0.00338. The number of halogens is 4. The molecular formula is C24H16ClF3N4O4. The van der Waals surface area contributed by atoms with E-state index in [0.717, 1.165) is 12.1 Å². The number of alkyl halides is 3. The van der Waals surface area contributed by atoms with Crippen molar-refractivity contribution in [1.29, 1.82) is 0 Å². The Kier molecular flexibility index (Phi) is 6.34. The summed E-state index contributed by atoms with van der Waals surface area (Å²) in [6, 6.07) is 12.9. The van der Waals surface area contributed by atoms with Crippen LogP contribution in [0.4, 0.5) is 29.3 Å². The molecule has 3 aromatic carbocycles. The zero-order chi connectivity index (χ0) is 26.2. The number of aromatic carboxylic acids is 1. The largest absolute Gasteiger partial charge is 0.478 e. The summed E-state index contributed by atoms with van der Waals surface area (Å²) in [6.45, 7) is 0. The molecule has 0 bridgehead atoms. The van der Waals surface area contributed by atoms with E-state index in [1.165, 1.54) is 24.4 Å². The number of aromatic nitrogens is 1. The number of carbonyl (C=O) groups excluding carboxylic acids is 2. The summed E-state index contributed by atoms with van der Waals surface area (Å²) in [5.41, 5.74) is 5.87. The number of anilines is 2. The Bertz CT molecular complexity index is 1510. The topological polar surface area (TPSA) is 126 Å². The Morgan fingerprint density at radius 2 is 1.56 bits per heavy atom. The van der Waals surface area contributed by atoms with Crippen LogP contribution in [0.1, 0.15) is 26.3 Å². The minimum Gasteiger partial charge on any atom is -0.478 e. The van der Waals surface area contributed by atoms with Crippen LogP contribution in [-0.2, 0) is 6.18 Å². The van der Waals surface area contributed by atoms with Crippen molar-refractivity contribution in [3.05, 3.63) is 88.6 Å². The molecule has 4 rings (SSSR count). The molecule has 0 atom stereocenters. The minimum atomic E-state index is -4.67. The van der Waals surface area contributed by atoms with Crippen LogP contribution in [-0.4, -0.2) is 27.6 Å². The molecule has 0 saturated carbocycles. The van der Waals surface area contributed by atoms with Crippen LogP contribution in [0.2, 0.25) is 5.02 Å². The van der Waals surface area contributed by atoms with Crippen molar-refractivity contribution in [2.24, 2.45) is 5.73 Å². The Hall–Kier alpha value is -4.51. The Labute approximate surface area is 206 Å². The van der Waals surface area contributed by atoms with Gasteiger partial charge in [-0.3, -0.25) is 4.79 Å². The van der Waals surface area contributed by atoms with Gasteiger partial charge in [0.15, 0.2) is 0 Å². The Morgan fingerprint density at radius 3 is 2.17 bits per heavy atom. The monoisotopic (exact) mass is 516 g/mol. The summed E-state index contributed by atoms with van der Waals surface area (Å²) in [5.74, 6) is -1.88. The van der Waals surface area contributed by atoms with Crippen LogP contribution < -0.4 is 16.4 Å². The van der Waals surface area contributed by atoms with Crippen LogP contribution >= 0.6 is 11.6 Å². The fraction of sp³-hybridized carbons (Fsp3) is 0.0417. The van der Waals surface area contributed by atoms with Crippen molar-refractivity contribution >= 4 is 51.8 Å². The van der Waals surface area contributed by atoms with Gasteiger partial charge in [-0.2, -0.15) is 13.2 Å². The van der Waals surface area contributed by atoms with E-state index in [4.69, 9.17) is 17.3 Å². The van der Waals surface area contributed by atoms with Crippen molar-refractivity contribution < 1.29 is 32.7 Å². The van der Waals surface area contributed by atoms with Gasteiger partial charge in [-0.05, 0) is 60.7 Å². The predicted octanol–water partition coefficient (Wildman–Crippen LogP) is 5.74. The number of nitrogens with zero attached hydrogens (tertiary/aromatic N) is 1. The summed E-state index contributed by atoms with van der Waals surface area (Å²) in [7, 11) is 0.